The van der Waals surface area contributed by atoms with E-state index < -0.39 is 0 Å². The molecule has 0 unspecified atom stereocenters. The van der Waals surface area contributed by atoms with Crippen molar-refractivity contribution >= 4 is 58.9 Å². The van der Waals surface area contributed by atoms with Gasteiger partial charge in [0.2, 0.25) is 5.90 Å². The molecule has 0 N–H and O–H groups in total. The van der Waals surface area contributed by atoms with Crippen molar-refractivity contribution in [3.8, 4) is 5.75 Å². The lowest BCUT2D eigenvalue weighted by Gasteiger charge is -2.29. The van der Waals surface area contributed by atoms with Crippen molar-refractivity contribution in [3.63, 3.8) is 0 Å². The standard InChI is InChI=1S/C23H15Cl2N3O3/c1-13-20(19(31-27-13)8-7-14-5-3-2-4-6-14)28-12-26-22-17(23(28)29)10-15-9-16(24)11-18(25)21(15)30-22/h2-11H,12H2,1H3/b8-7+. The van der Waals surface area contributed by atoms with Gasteiger partial charge in [-0.3, -0.25) is 9.69 Å². The molecule has 5 rings (SSSR count). The van der Waals surface area contributed by atoms with Gasteiger partial charge in [-0.05, 0) is 36.8 Å². The first-order valence-corrected chi connectivity index (χ1v) is 10.2. The van der Waals surface area contributed by atoms with Crippen LogP contribution in [-0.2, 0) is 4.79 Å². The van der Waals surface area contributed by atoms with Crippen molar-refractivity contribution in [3.05, 3.63) is 80.7 Å². The number of hydrogen-bond acceptors (Lipinski definition) is 5. The molecule has 0 radical (unpaired) electrons. The molecule has 6 nitrogen and oxygen atoms in total. The second-order valence-corrected chi connectivity index (χ2v) is 7.87. The Hall–Kier alpha value is -3.35. The maximum atomic E-state index is 13.4. The van der Waals surface area contributed by atoms with Crippen molar-refractivity contribution in [1.29, 1.82) is 0 Å². The molecule has 0 bridgehead atoms. The summed E-state index contributed by atoms with van der Waals surface area (Å²) in [6.45, 7) is 1.85. The summed E-state index contributed by atoms with van der Waals surface area (Å²) < 4.78 is 11.3. The zero-order valence-corrected chi connectivity index (χ0v) is 17.8. The lowest BCUT2D eigenvalue weighted by atomic mass is 10.0. The SMILES string of the molecule is Cc1noc(/C=C/c2ccccc2)c1N1CN=C2Oc3c(Cl)cc(Cl)cc3C=C2C1=O. The number of rotatable bonds is 3. The van der Waals surface area contributed by atoms with E-state index in [1.165, 1.54) is 4.90 Å². The first-order chi connectivity index (χ1) is 15.0. The van der Waals surface area contributed by atoms with Crippen LogP contribution >= 0.6 is 23.2 Å². The van der Waals surface area contributed by atoms with Gasteiger partial charge in [-0.15, -0.1) is 0 Å². The lowest BCUT2D eigenvalue weighted by molar-refractivity contribution is -0.114. The number of ether oxygens (including phenoxy) is 1. The van der Waals surface area contributed by atoms with Crippen molar-refractivity contribution in [2.45, 2.75) is 6.92 Å². The van der Waals surface area contributed by atoms with Crippen LogP contribution in [0.15, 0.2) is 57.6 Å². The van der Waals surface area contributed by atoms with Crippen LogP contribution in [0.25, 0.3) is 18.2 Å². The molecule has 0 spiro atoms. The molecule has 31 heavy (non-hydrogen) atoms. The van der Waals surface area contributed by atoms with E-state index in [2.05, 4.69) is 10.1 Å². The topological polar surface area (TPSA) is 67.9 Å². The molecular weight excluding hydrogens is 437 g/mol. The number of fused-ring (bicyclic) bond motifs is 2. The van der Waals surface area contributed by atoms with Crippen molar-refractivity contribution in [1.82, 2.24) is 5.16 Å². The van der Waals surface area contributed by atoms with Crippen LogP contribution in [0.5, 0.6) is 5.75 Å². The highest BCUT2D eigenvalue weighted by Crippen LogP contribution is 2.39. The van der Waals surface area contributed by atoms with E-state index in [0.29, 0.717) is 44.1 Å². The maximum absolute atomic E-state index is 13.4. The average molecular weight is 452 g/mol. The Kier molecular flexibility index (Phi) is 4.88. The Balaban J connectivity index is 1.52. The van der Waals surface area contributed by atoms with Crippen LogP contribution in [0.3, 0.4) is 0 Å². The van der Waals surface area contributed by atoms with Crippen LogP contribution in [-0.4, -0.2) is 23.6 Å². The Bertz CT molecular complexity index is 1290. The molecule has 3 heterocycles. The third-order valence-corrected chi connectivity index (χ3v) is 5.45. The van der Waals surface area contributed by atoms with E-state index in [1.54, 1.807) is 31.2 Å². The van der Waals surface area contributed by atoms with Gasteiger partial charge in [-0.2, -0.15) is 0 Å². The first kappa shape index (κ1) is 19.6. The monoisotopic (exact) mass is 451 g/mol. The number of amides is 1. The van der Waals surface area contributed by atoms with Crippen molar-refractivity contribution in [2.75, 3.05) is 11.6 Å². The van der Waals surface area contributed by atoms with Gasteiger partial charge in [0.25, 0.3) is 5.91 Å². The van der Waals surface area contributed by atoms with Crippen LogP contribution < -0.4 is 9.64 Å². The highest BCUT2D eigenvalue weighted by molar-refractivity contribution is 6.37. The summed E-state index contributed by atoms with van der Waals surface area (Å²) in [4.78, 5) is 19.3. The van der Waals surface area contributed by atoms with Gasteiger partial charge in [-0.25, -0.2) is 4.99 Å². The fourth-order valence-electron chi connectivity index (χ4n) is 3.51. The predicted octanol–water partition coefficient (Wildman–Crippen LogP) is 5.64. The predicted molar refractivity (Wildman–Crippen MR) is 121 cm³/mol. The molecule has 0 atom stereocenters. The summed E-state index contributed by atoms with van der Waals surface area (Å²) in [6, 6.07) is 13.1. The zero-order chi connectivity index (χ0) is 21.5. The van der Waals surface area contributed by atoms with Crippen LogP contribution in [0, 0.1) is 6.92 Å². The average Bonchev–Trinajstić information content (AvgIpc) is 3.13. The first-order valence-electron chi connectivity index (χ1n) is 9.46. The smallest absolute Gasteiger partial charge is 0.265 e. The molecule has 2 aliphatic heterocycles. The fraction of sp³-hybridized carbons (Fsp3) is 0.0870. The highest BCUT2D eigenvalue weighted by atomic mass is 35.5. The summed E-state index contributed by atoms with van der Waals surface area (Å²) in [5.74, 6) is 0.862. The van der Waals surface area contributed by atoms with Crippen LogP contribution in [0.1, 0.15) is 22.6 Å². The molecule has 0 saturated heterocycles. The van der Waals surface area contributed by atoms with Gasteiger partial charge in [0.05, 0.1) is 5.02 Å². The number of halogens is 2. The van der Waals surface area contributed by atoms with Crippen molar-refractivity contribution in [2.24, 2.45) is 4.99 Å². The summed E-state index contributed by atoms with van der Waals surface area (Å²) >= 11 is 12.3. The quantitative estimate of drug-likeness (QED) is 0.516. The number of anilines is 1. The number of hydrogen-bond donors (Lipinski definition) is 0. The Morgan fingerprint density at radius 2 is 1.94 bits per heavy atom. The third kappa shape index (κ3) is 3.54. The molecule has 154 valence electrons. The fourth-order valence-corrected chi connectivity index (χ4v) is 4.06. The van der Waals surface area contributed by atoms with Crippen LogP contribution in [0.2, 0.25) is 10.0 Å². The van der Waals surface area contributed by atoms with Crippen LogP contribution in [0.4, 0.5) is 5.69 Å². The van der Waals surface area contributed by atoms with E-state index in [4.69, 9.17) is 32.5 Å². The summed E-state index contributed by atoms with van der Waals surface area (Å²) in [6.07, 6.45) is 5.37. The number of benzene rings is 2. The van der Waals surface area contributed by atoms with E-state index >= 15 is 0 Å². The zero-order valence-electron chi connectivity index (χ0n) is 16.3. The number of nitrogens with zero attached hydrogens (tertiary/aromatic N) is 3. The molecule has 2 aliphatic rings. The van der Waals surface area contributed by atoms with E-state index in [-0.39, 0.29) is 18.5 Å². The number of aliphatic imine (C=N–C) groups is 1. The number of aromatic nitrogens is 1. The molecule has 0 fully saturated rings. The largest absolute Gasteiger partial charge is 0.436 e. The molecule has 3 aromatic rings. The minimum absolute atomic E-state index is 0.0697. The maximum Gasteiger partial charge on any atom is 0.265 e. The van der Waals surface area contributed by atoms with Gasteiger partial charge in [0.15, 0.2) is 11.5 Å². The van der Waals surface area contributed by atoms with E-state index in [1.807, 2.05) is 36.4 Å². The minimum atomic E-state index is -0.271. The summed E-state index contributed by atoms with van der Waals surface area (Å²) in [7, 11) is 0. The Morgan fingerprint density at radius 3 is 2.74 bits per heavy atom. The molecule has 1 aromatic heterocycles. The van der Waals surface area contributed by atoms with Crippen molar-refractivity contribution < 1.29 is 14.1 Å². The minimum Gasteiger partial charge on any atom is -0.436 e. The van der Waals surface area contributed by atoms with Gasteiger partial charge in [0, 0.05) is 10.6 Å². The number of carbonyl (C=O) groups excluding carboxylic acids is 1. The molecule has 8 heteroatoms. The molecular formula is C23H15Cl2N3O3. The molecule has 2 aromatic carbocycles. The second-order valence-electron chi connectivity index (χ2n) is 7.03. The molecule has 0 saturated carbocycles. The Labute approximate surface area is 188 Å². The number of carbonyl (C=O) groups is 1. The summed E-state index contributed by atoms with van der Waals surface area (Å²) in [5.41, 5.74) is 3.09. The van der Waals surface area contributed by atoms with Gasteiger partial charge in [0.1, 0.15) is 23.6 Å². The van der Waals surface area contributed by atoms with Gasteiger partial charge >= 0.3 is 0 Å². The highest BCUT2D eigenvalue weighted by Gasteiger charge is 2.35. The molecule has 0 aliphatic carbocycles. The normalized spacial score (nSPS) is 15.3. The third-order valence-electron chi connectivity index (χ3n) is 4.95. The Morgan fingerprint density at radius 1 is 1.13 bits per heavy atom. The van der Waals surface area contributed by atoms with Gasteiger partial charge in [-0.1, -0.05) is 64.8 Å². The summed E-state index contributed by atoms with van der Waals surface area (Å²) in [5, 5.41) is 4.86. The van der Waals surface area contributed by atoms with E-state index in [9.17, 15) is 4.79 Å². The van der Waals surface area contributed by atoms with Gasteiger partial charge < -0.3 is 9.26 Å². The lowest BCUT2D eigenvalue weighted by Crippen LogP contribution is -2.41. The second kappa shape index (κ2) is 7.72. The molecule has 1 amide bonds. The van der Waals surface area contributed by atoms with E-state index in [0.717, 1.165) is 5.56 Å². The number of aryl methyl sites for hydroxylation is 1.